The highest BCUT2D eigenvalue weighted by Crippen LogP contribution is 2.10. The van der Waals surface area contributed by atoms with Gasteiger partial charge in [0, 0.05) is 6.54 Å². The average molecular weight is 244 g/mol. The first-order chi connectivity index (χ1) is 7.87. The van der Waals surface area contributed by atoms with Crippen LogP contribution in [0, 0.1) is 0 Å². The molecule has 2 unspecified atom stereocenters. The topological polar surface area (TPSA) is 78.4 Å². The molecule has 0 saturated carbocycles. The van der Waals surface area contributed by atoms with Crippen LogP contribution >= 0.6 is 0 Å². The van der Waals surface area contributed by atoms with Crippen LogP contribution < -0.4 is 10.6 Å². The van der Waals surface area contributed by atoms with Crippen molar-refractivity contribution in [3.63, 3.8) is 0 Å². The van der Waals surface area contributed by atoms with Crippen molar-refractivity contribution in [1.82, 2.24) is 10.6 Å². The average Bonchev–Trinajstić information content (AvgIpc) is 2.28. The van der Waals surface area contributed by atoms with E-state index in [0.717, 1.165) is 12.8 Å². The van der Waals surface area contributed by atoms with E-state index >= 15 is 0 Å². The Morgan fingerprint density at radius 3 is 2.35 bits per heavy atom. The molecule has 0 aromatic heterocycles. The molecule has 3 N–H and O–H groups in total. The fraction of sp³-hybridized carbons (Fsp3) is 0.833. The molecule has 0 aliphatic heterocycles. The van der Waals surface area contributed by atoms with Crippen LogP contribution in [0.5, 0.6) is 0 Å². The van der Waals surface area contributed by atoms with Gasteiger partial charge in [-0.15, -0.1) is 0 Å². The summed E-state index contributed by atoms with van der Waals surface area (Å²) in [4.78, 5) is 22.7. The number of amides is 1. The maximum Gasteiger partial charge on any atom is 0.323 e. The Labute approximate surface area is 103 Å². The summed E-state index contributed by atoms with van der Waals surface area (Å²) in [6.07, 6.45) is 2.38. The molecule has 0 heterocycles. The lowest BCUT2D eigenvalue weighted by Crippen LogP contribution is -2.56. The summed E-state index contributed by atoms with van der Waals surface area (Å²) in [6, 6.07) is -0.507. The molecule has 0 spiro atoms. The van der Waals surface area contributed by atoms with Crippen LogP contribution in [-0.4, -0.2) is 35.1 Å². The first kappa shape index (κ1) is 15.9. The second-order valence-corrected chi connectivity index (χ2v) is 4.50. The number of unbranched alkanes of at least 4 members (excludes halogenated alkanes) is 1. The van der Waals surface area contributed by atoms with Crippen LogP contribution in [0.1, 0.15) is 47.0 Å². The lowest BCUT2D eigenvalue weighted by Gasteiger charge is -2.28. The van der Waals surface area contributed by atoms with Crippen molar-refractivity contribution in [2.24, 2.45) is 0 Å². The fourth-order valence-electron chi connectivity index (χ4n) is 1.40. The summed E-state index contributed by atoms with van der Waals surface area (Å²) in [5.41, 5.74) is -1.05. The molecule has 0 aromatic carbocycles. The smallest absolute Gasteiger partial charge is 0.323 e. The number of hydrogen-bond donors (Lipinski definition) is 3. The van der Waals surface area contributed by atoms with Crippen molar-refractivity contribution in [1.29, 1.82) is 0 Å². The monoisotopic (exact) mass is 244 g/mol. The number of carbonyl (C=O) groups excluding carboxylic acids is 1. The van der Waals surface area contributed by atoms with Gasteiger partial charge in [-0.2, -0.15) is 0 Å². The van der Waals surface area contributed by atoms with Gasteiger partial charge in [0.05, 0.1) is 6.04 Å². The summed E-state index contributed by atoms with van der Waals surface area (Å²) in [5, 5.41) is 14.7. The van der Waals surface area contributed by atoms with Crippen LogP contribution in [-0.2, 0) is 9.59 Å². The van der Waals surface area contributed by atoms with E-state index in [4.69, 9.17) is 5.11 Å². The summed E-state index contributed by atoms with van der Waals surface area (Å²) < 4.78 is 0. The molecule has 5 nitrogen and oxygen atoms in total. The number of carbonyl (C=O) groups is 2. The maximum atomic E-state index is 11.7. The predicted octanol–water partition coefficient (Wildman–Crippen LogP) is 1.13. The third-order valence-electron chi connectivity index (χ3n) is 2.94. The van der Waals surface area contributed by atoms with Crippen molar-refractivity contribution in [2.45, 2.75) is 58.5 Å². The van der Waals surface area contributed by atoms with Gasteiger partial charge in [0.25, 0.3) is 0 Å². The molecule has 100 valence electrons. The number of carboxylic acid groups (broad SMARTS) is 1. The van der Waals surface area contributed by atoms with E-state index in [-0.39, 0.29) is 5.91 Å². The van der Waals surface area contributed by atoms with E-state index in [1.165, 1.54) is 0 Å². The highest BCUT2D eigenvalue weighted by Gasteiger charge is 2.33. The van der Waals surface area contributed by atoms with Gasteiger partial charge in [-0.1, -0.05) is 20.3 Å². The molecular formula is C12H24N2O3. The molecule has 0 rings (SSSR count). The molecule has 1 amide bonds. The van der Waals surface area contributed by atoms with Crippen molar-refractivity contribution in [3.8, 4) is 0 Å². The van der Waals surface area contributed by atoms with E-state index in [1.807, 2.05) is 6.92 Å². The zero-order valence-corrected chi connectivity index (χ0v) is 11.2. The summed E-state index contributed by atoms with van der Waals surface area (Å²) in [7, 11) is 0. The molecule has 2 atom stereocenters. The molecule has 0 saturated heterocycles. The van der Waals surface area contributed by atoms with Crippen molar-refractivity contribution < 1.29 is 14.7 Å². The third kappa shape index (κ3) is 5.17. The highest BCUT2D eigenvalue weighted by atomic mass is 16.4. The SMILES string of the molecule is CCCCNC(=O)C(C)NC(C)(CC)C(=O)O. The Morgan fingerprint density at radius 2 is 1.94 bits per heavy atom. The summed E-state index contributed by atoms with van der Waals surface area (Å²) >= 11 is 0. The summed E-state index contributed by atoms with van der Waals surface area (Å²) in [5.74, 6) is -1.09. The van der Waals surface area contributed by atoms with E-state index in [1.54, 1.807) is 20.8 Å². The van der Waals surface area contributed by atoms with Crippen molar-refractivity contribution >= 4 is 11.9 Å². The lowest BCUT2D eigenvalue weighted by molar-refractivity contribution is -0.145. The minimum Gasteiger partial charge on any atom is -0.480 e. The van der Waals surface area contributed by atoms with E-state index in [2.05, 4.69) is 10.6 Å². The van der Waals surface area contributed by atoms with Gasteiger partial charge in [-0.25, -0.2) is 0 Å². The Balaban J connectivity index is 4.27. The maximum absolute atomic E-state index is 11.7. The van der Waals surface area contributed by atoms with Crippen LogP contribution in [0.2, 0.25) is 0 Å². The standard InChI is InChI=1S/C12H24N2O3/c1-5-7-8-13-10(15)9(3)14-12(4,6-2)11(16)17/h9,14H,5-8H2,1-4H3,(H,13,15)(H,16,17). The number of carboxylic acids is 1. The molecule has 17 heavy (non-hydrogen) atoms. The molecule has 0 aliphatic rings. The largest absolute Gasteiger partial charge is 0.480 e. The van der Waals surface area contributed by atoms with Gasteiger partial charge in [-0.3, -0.25) is 14.9 Å². The number of aliphatic carboxylic acids is 1. The predicted molar refractivity (Wildman–Crippen MR) is 66.8 cm³/mol. The Hall–Kier alpha value is -1.10. The van der Waals surface area contributed by atoms with E-state index in [0.29, 0.717) is 13.0 Å². The minimum absolute atomic E-state index is 0.153. The second-order valence-electron chi connectivity index (χ2n) is 4.50. The van der Waals surface area contributed by atoms with Gasteiger partial charge in [0.1, 0.15) is 5.54 Å². The quantitative estimate of drug-likeness (QED) is 0.559. The molecule has 0 aromatic rings. The Bertz CT molecular complexity index is 268. The Morgan fingerprint density at radius 1 is 1.35 bits per heavy atom. The van der Waals surface area contributed by atoms with Crippen molar-refractivity contribution in [3.05, 3.63) is 0 Å². The molecular weight excluding hydrogens is 220 g/mol. The number of hydrogen-bond acceptors (Lipinski definition) is 3. The van der Waals surface area contributed by atoms with Crippen LogP contribution in [0.25, 0.3) is 0 Å². The van der Waals surface area contributed by atoms with Crippen LogP contribution in [0.3, 0.4) is 0 Å². The van der Waals surface area contributed by atoms with Crippen LogP contribution in [0.15, 0.2) is 0 Å². The zero-order chi connectivity index (χ0) is 13.5. The van der Waals surface area contributed by atoms with Gasteiger partial charge < -0.3 is 10.4 Å². The molecule has 0 aliphatic carbocycles. The molecule has 0 radical (unpaired) electrons. The normalized spacial score (nSPS) is 16.0. The second kappa shape index (κ2) is 7.27. The molecule has 5 heteroatoms. The van der Waals surface area contributed by atoms with Gasteiger partial charge in [0.2, 0.25) is 5.91 Å². The first-order valence-corrected chi connectivity index (χ1v) is 6.16. The van der Waals surface area contributed by atoms with Gasteiger partial charge in [-0.05, 0) is 26.7 Å². The summed E-state index contributed by atoms with van der Waals surface area (Å²) in [6.45, 7) is 7.73. The molecule has 0 fully saturated rings. The number of rotatable bonds is 8. The lowest BCUT2D eigenvalue weighted by atomic mass is 9.98. The molecule has 0 bridgehead atoms. The third-order valence-corrected chi connectivity index (χ3v) is 2.94. The van der Waals surface area contributed by atoms with Gasteiger partial charge >= 0.3 is 5.97 Å². The van der Waals surface area contributed by atoms with E-state index in [9.17, 15) is 9.59 Å². The number of nitrogens with one attached hydrogen (secondary N) is 2. The van der Waals surface area contributed by atoms with Crippen molar-refractivity contribution in [2.75, 3.05) is 6.54 Å². The minimum atomic E-state index is -1.05. The first-order valence-electron chi connectivity index (χ1n) is 6.16. The van der Waals surface area contributed by atoms with Crippen LogP contribution in [0.4, 0.5) is 0 Å². The Kier molecular flexibility index (Phi) is 6.80. The fourth-order valence-corrected chi connectivity index (χ4v) is 1.40. The zero-order valence-electron chi connectivity index (χ0n) is 11.2. The highest BCUT2D eigenvalue weighted by molar-refractivity contribution is 5.84. The van der Waals surface area contributed by atoms with E-state index < -0.39 is 17.6 Å². The van der Waals surface area contributed by atoms with Gasteiger partial charge in [0.15, 0.2) is 0 Å².